The number of aromatic nitrogens is 3. The molecule has 0 aliphatic carbocycles. The van der Waals surface area contributed by atoms with Crippen LogP contribution in [0.1, 0.15) is 20.7 Å². The van der Waals surface area contributed by atoms with Crippen molar-refractivity contribution in [3.63, 3.8) is 0 Å². The third-order valence-electron chi connectivity index (χ3n) is 3.44. The minimum absolute atomic E-state index is 0.170. The molecular formula is C17H15N5O2. The molecular weight excluding hydrogens is 306 g/mol. The molecule has 1 heterocycles. The molecule has 0 unspecified atom stereocenters. The zero-order chi connectivity index (χ0) is 16.9. The van der Waals surface area contributed by atoms with E-state index in [1.807, 2.05) is 0 Å². The summed E-state index contributed by atoms with van der Waals surface area (Å²) in [6.45, 7) is 0. The zero-order valence-electron chi connectivity index (χ0n) is 12.9. The third-order valence-corrected chi connectivity index (χ3v) is 3.44. The van der Waals surface area contributed by atoms with Crippen molar-refractivity contribution in [2.75, 3.05) is 12.4 Å². The molecule has 7 heteroatoms. The Morgan fingerprint density at radius 2 is 1.54 bits per heavy atom. The van der Waals surface area contributed by atoms with Crippen LogP contribution in [0.3, 0.4) is 0 Å². The lowest BCUT2D eigenvalue weighted by molar-refractivity contribution is 0.0962. The first-order chi connectivity index (χ1) is 11.7. The van der Waals surface area contributed by atoms with E-state index in [0.717, 1.165) is 5.69 Å². The van der Waals surface area contributed by atoms with Crippen LogP contribution < -0.4 is 10.6 Å². The van der Waals surface area contributed by atoms with Gasteiger partial charge in [-0.05, 0) is 48.5 Å². The van der Waals surface area contributed by atoms with Crippen LogP contribution in [0.4, 0.5) is 5.69 Å². The Labute approximate surface area is 138 Å². The van der Waals surface area contributed by atoms with Crippen LogP contribution in [0.5, 0.6) is 0 Å². The molecule has 2 amide bonds. The maximum Gasteiger partial charge on any atom is 0.255 e. The van der Waals surface area contributed by atoms with Gasteiger partial charge >= 0.3 is 0 Å². The number of amides is 2. The van der Waals surface area contributed by atoms with E-state index in [2.05, 4.69) is 20.7 Å². The first-order valence-electron chi connectivity index (χ1n) is 7.26. The number of nitrogens with zero attached hydrogens (tertiary/aromatic N) is 3. The Kier molecular flexibility index (Phi) is 4.33. The van der Waals surface area contributed by atoms with E-state index in [0.29, 0.717) is 16.8 Å². The summed E-state index contributed by atoms with van der Waals surface area (Å²) in [6, 6.07) is 13.7. The second-order valence-electron chi connectivity index (χ2n) is 5.00. The van der Waals surface area contributed by atoms with Crippen molar-refractivity contribution in [3.05, 3.63) is 72.3 Å². The van der Waals surface area contributed by atoms with Gasteiger partial charge < -0.3 is 10.6 Å². The minimum atomic E-state index is -0.229. The molecule has 2 aromatic carbocycles. The van der Waals surface area contributed by atoms with Gasteiger partial charge in [-0.25, -0.2) is 9.67 Å². The van der Waals surface area contributed by atoms with E-state index in [9.17, 15) is 9.59 Å². The van der Waals surface area contributed by atoms with Crippen LogP contribution in [0.15, 0.2) is 61.2 Å². The summed E-state index contributed by atoms with van der Waals surface area (Å²) in [6.07, 6.45) is 3.03. The van der Waals surface area contributed by atoms with Crippen molar-refractivity contribution in [3.8, 4) is 5.69 Å². The average molecular weight is 321 g/mol. The number of benzene rings is 2. The van der Waals surface area contributed by atoms with Gasteiger partial charge in [-0.15, -0.1) is 0 Å². The zero-order valence-corrected chi connectivity index (χ0v) is 12.9. The van der Waals surface area contributed by atoms with Gasteiger partial charge in [0.25, 0.3) is 11.8 Å². The number of nitrogens with one attached hydrogen (secondary N) is 2. The molecule has 0 atom stereocenters. The molecule has 24 heavy (non-hydrogen) atoms. The molecule has 3 rings (SSSR count). The number of carbonyl (C=O) groups excluding carboxylic acids is 2. The normalized spacial score (nSPS) is 10.2. The Bertz CT molecular complexity index is 840. The molecule has 1 aromatic heterocycles. The van der Waals surface area contributed by atoms with Crippen LogP contribution in [-0.4, -0.2) is 33.6 Å². The molecule has 0 radical (unpaired) electrons. The Morgan fingerprint density at radius 1 is 0.917 bits per heavy atom. The van der Waals surface area contributed by atoms with Crippen molar-refractivity contribution < 1.29 is 9.59 Å². The Balaban J connectivity index is 1.69. The van der Waals surface area contributed by atoms with Crippen molar-refractivity contribution in [2.24, 2.45) is 0 Å². The number of carbonyl (C=O) groups is 2. The molecule has 0 bridgehead atoms. The van der Waals surface area contributed by atoms with E-state index in [1.165, 1.54) is 6.33 Å². The fraction of sp³-hybridized carbons (Fsp3) is 0.0588. The summed E-state index contributed by atoms with van der Waals surface area (Å²) in [5, 5.41) is 9.37. The predicted molar refractivity (Wildman–Crippen MR) is 89.1 cm³/mol. The molecule has 7 nitrogen and oxygen atoms in total. The SMILES string of the molecule is CNC(=O)c1ccc(NC(=O)c2ccc(-n3cncn3)cc2)cc1. The molecule has 0 aliphatic rings. The van der Waals surface area contributed by atoms with Crippen molar-refractivity contribution in [1.82, 2.24) is 20.1 Å². The van der Waals surface area contributed by atoms with Gasteiger partial charge in [0, 0.05) is 23.9 Å². The van der Waals surface area contributed by atoms with Crippen LogP contribution in [-0.2, 0) is 0 Å². The van der Waals surface area contributed by atoms with Crippen molar-refractivity contribution in [1.29, 1.82) is 0 Å². The Morgan fingerprint density at radius 3 is 2.12 bits per heavy atom. The summed E-state index contributed by atoms with van der Waals surface area (Å²) in [4.78, 5) is 27.6. The van der Waals surface area contributed by atoms with Crippen LogP contribution in [0, 0.1) is 0 Å². The molecule has 0 spiro atoms. The van der Waals surface area contributed by atoms with Crippen LogP contribution >= 0.6 is 0 Å². The smallest absolute Gasteiger partial charge is 0.255 e. The van der Waals surface area contributed by atoms with E-state index >= 15 is 0 Å². The Hall–Kier alpha value is -3.48. The number of hydrogen-bond donors (Lipinski definition) is 2. The van der Waals surface area contributed by atoms with Crippen LogP contribution in [0.2, 0.25) is 0 Å². The highest BCUT2D eigenvalue weighted by Gasteiger charge is 2.08. The van der Waals surface area contributed by atoms with Gasteiger partial charge in [-0.3, -0.25) is 9.59 Å². The predicted octanol–water partition coefficient (Wildman–Crippen LogP) is 1.88. The summed E-state index contributed by atoms with van der Waals surface area (Å²) < 4.78 is 1.61. The molecule has 3 aromatic rings. The number of rotatable bonds is 4. The fourth-order valence-corrected chi connectivity index (χ4v) is 2.16. The highest BCUT2D eigenvalue weighted by atomic mass is 16.2. The monoisotopic (exact) mass is 321 g/mol. The standard InChI is InChI=1S/C17H15N5O2/c1-18-16(23)12-2-6-14(7-3-12)21-17(24)13-4-8-15(9-5-13)22-11-19-10-20-22/h2-11H,1H3,(H,18,23)(H,21,24). The number of anilines is 1. The lowest BCUT2D eigenvalue weighted by Gasteiger charge is -2.07. The average Bonchev–Trinajstić information content (AvgIpc) is 3.16. The maximum absolute atomic E-state index is 12.3. The quantitative estimate of drug-likeness (QED) is 0.768. The number of hydrogen-bond acceptors (Lipinski definition) is 4. The molecule has 2 N–H and O–H groups in total. The van der Waals surface area contributed by atoms with Crippen molar-refractivity contribution in [2.45, 2.75) is 0 Å². The topological polar surface area (TPSA) is 88.9 Å². The van der Waals surface area contributed by atoms with Crippen molar-refractivity contribution >= 4 is 17.5 Å². The van der Waals surface area contributed by atoms with Gasteiger partial charge in [0.05, 0.1) is 5.69 Å². The highest BCUT2D eigenvalue weighted by Crippen LogP contribution is 2.13. The summed E-state index contributed by atoms with van der Waals surface area (Å²) in [5.41, 5.74) is 2.49. The van der Waals surface area contributed by atoms with E-state index in [-0.39, 0.29) is 11.8 Å². The molecule has 0 fully saturated rings. The third kappa shape index (κ3) is 3.30. The summed E-state index contributed by atoms with van der Waals surface area (Å²) in [5.74, 6) is -0.399. The van der Waals surface area contributed by atoms with Crippen LogP contribution in [0.25, 0.3) is 5.69 Å². The molecule has 0 saturated carbocycles. The van der Waals surface area contributed by atoms with Gasteiger partial charge in [0.1, 0.15) is 12.7 Å². The first-order valence-corrected chi connectivity index (χ1v) is 7.26. The molecule has 120 valence electrons. The second-order valence-corrected chi connectivity index (χ2v) is 5.00. The minimum Gasteiger partial charge on any atom is -0.355 e. The van der Waals surface area contributed by atoms with E-state index in [4.69, 9.17) is 0 Å². The lowest BCUT2D eigenvalue weighted by Crippen LogP contribution is -2.17. The van der Waals surface area contributed by atoms with Gasteiger partial charge in [-0.2, -0.15) is 5.10 Å². The lowest BCUT2D eigenvalue weighted by atomic mass is 10.1. The summed E-state index contributed by atoms with van der Waals surface area (Å²) in [7, 11) is 1.57. The van der Waals surface area contributed by atoms with E-state index < -0.39 is 0 Å². The molecule has 0 aliphatic heterocycles. The van der Waals surface area contributed by atoms with Gasteiger partial charge in [-0.1, -0.05) is 0 Å². The van der Waals surface area contributed by atoms with E-state index in [1.54, 1.807) is 66.6 Å². The second kappa shape index (κ2) is 6.74. The summed E-state index contributed by atoms with van der Waals surface area (Å²) >= 11 is 0. The first kappa shape index (κ1) is 15.4. The fourth-order valence-electron chi connectivity index (χ4n) is 2.16. The maximum atomic E-state index is 12.3. The largest absolute Gasteiger partial charge is 0.355 e. The van der Waals surface area contributed by atoms with Gasteiger partial charge in [0.15, 0.2) is 0 Å². The van der Waals surface area contributed by atoms with Gasteiger partial charge in [0.2, 0.25) is 0 Å². The highest BCUT2D eigenvalue weighted by molar-refractivity contribution is 6.04. The molecule has 0 saturated heterocycles.